The van der Waals surface area contributed by atoms with Gasteiger partial charge in [-0.2, -0.15) is 0 Å². The largest absolute Gasteiger partial charge is 0.383 e. The van der Waals surface area contributed by atoms with Gasteiger partial charge in [-0.15, -0.1) is 0 Å². The maximum absolute atomic E-state index is 11.2. The summed E-state index contributed by atoms with van der Waals surface area (Å²) in [6.45, 7) is 4.00. The third kappa shape index (κ3) is 3.05. The van der Waals surface area contributed by atoms with Crippen molar-refractivity contribution in [1.29, 1.82) is 0 Å². The fourth-order valence-corrected chi connectivity index (χ4v) is 1.99. The van der Waals surface area contributed by atoms with Crippen molar-refractivity contribution in [3.05, 3.63) is 41.7 Å². The van der Waals surface area contributed by atoms with Crippen molar-refractivity contribution >= 4 is 23.3 Å². The molecule has 2 rings (SSSR count). The lowest BCUT2D eigenvalue weighted by molar-refractivity contribution is 0.112. The molecule has 1 aromatic heterocycles. The first-order valence-corrected chi connectivity index (χ1v) is 6.52. The highest BCUT2D eigenvalue weighted by molar-refractivity contribution is 6.01. The van der Waals surface area contributed by atoms with Crippen LogP contribution in [0.5, 0.6) is 0 Å². The van der Waals surface area contributed by atoms with Crippen molar-refractivity contribution in [2.45, 2.75) is 13.8 Å². The predicted molar refractivity (Wildman–Crippen MR) is 82.4 cm³/mol. The quantitative estimate of drug-likeness (QED) is 0.787. The van der Waals surface area contributed by atoms with Gasteiger partial charge in [-0.25, -0.2) is 0 Å². The van der Waals surface area contributed by atoms with Crippen molar-refractivity contribution in [2.75, 3.05) is 14.1 Å². The molecule has 0 N–H and O–H groups in total. The lowest BCUT2D eigenvalue weighted by Gasteiger charge is -2.04. The van der Waals surface area contributed by atoms with E-state index in [1.807, 2.05) is 81.0 Å². The zero-order valence-electron chi connectivity index (χ0n) is 12.3. The third-order valence-electron chi connectivity index (χ3n) is 2.84. The summed E-state index contributed by atoms with van der Waals surface area (Å²) < 4.78 is 2.04. The molecule has 0 amide bonds. The Hall–Kier alpha value is -2.03. The number of nitrogens with zero attached hydrogens (tertiary/aromatic N) is 2. The van der Waals surface area contributed by atoms with Crippen LogP contribution in [0, 0.1) is 0 Å². The zero-order chi connectivity index (χ0) is 14.4. The number of benzene rings is 1. The van der Waals surface area contributed by atoms with Gasteiger partial charge in [0.15, 0.2) is 6.29 Å². The van der Waals surface area contributed by atoms with Crippen LogP contribution < -0.4 is 0 Å². The molecule has 0 radical (unpaired) electrons. The Kier molecular flexibility index (Phi) is 5.37. The van der Waals surface area contributed by atoms with Crippen LogP contribution in [0.15, 0.2) is 30.5 Å². The Morgan fingerprint density at radius 3 is 2.37 bits per heavy atom. The van der Waals surface area contributed by atoms with E-state index in [-0.39, 0.29) is 0 Å². The molecule has 0 saturated carbocycles. The molecule has 0 fully saturated rings. The van der Waals surface area contributed by atoms with Crippen LogP contribution in [-0.4, -0.2) is 29.8 Å². The molecule has 0 atom stereocenters. The first-order valence-electron chi connectivity index (χ1n) is 6.52. The Morgan fingerprint density at radius 1 is 1.16 bits per heavy atom. The topological polar surface area (TPSA) is 25.2 Å². The fraction of sp³-hybridized carbons (Fsp3) is 0.312. The SMILES string of the molecule is CC.CN(C)/C=C/c1c(C=O)c2ccccc2n1C. The van der Waals surface area contributed by atoms with Gasteiger partial charge in [-0.05, 0) is 12.1 Å². The third-order valence-corrected chi connectivity index (χ3v) is 2.84. The first kappa shape index (κ1) is 15.0. The summed E-state index contributed by atoms with van der Waals surface area (Å²) in [5.74, 6) is 0. The highest BCUT2D eigenvalue weighted by atomic mass is 16.1. The van der Waals surface area contributed by atoms with E-state index in [1.54, 1.807) is 0 Å². The second-order valence-electron chi connectivity index (χ2n) is 4.27. The molecule has 0 aliphatic rings. The van der Waals surface area contributed by atoms with Crippen molar-refractivity contribution < 1.29 is 4.79 Å². The van der Waals surface area contributed by atoms with Crippen LogP contribution >= 0.6 is 0 Å². The number of fused-ring (bicyclic) bond motifs is 1. The number of aromatic nitrogens is 1. The molecular weight excluding hydrogens is 236 g/mol. The van der Waals surface area contributed by atoms with E-state index in [9.17, 15) is 4.79 Å². The Bertz CT molecular complexity index is 580. The van der Waals surface area contributed by atoms with Gasteiger partial charge in [0.1, 0.15) is 0 Å². The number of carbonyl (C=O) groups is 1. The van der Waals surface area contributed by atoms with Gasteiger partial charge in [-0.1, -0.05) is 32.0 Å². The van der Waals surface area contributed by atoms with Crippen LogP contribution in [0.3, 0.4) is 0 Å². The lowest BCUT2D eigenvalue weighted by atomic mass is 10.1. The van der Waals surface area contributed by atoms with Crippen LogP contribution in [0.4, 0.5) is 0 Å². The van der Waals surface area contributed by atoms with Gasteiger partial charge in [0.2, 0.25) is 0 Å². The summed E-state index contributed by atoms with van der Waals surface area (Å²) in [5, 5.41) is 1.00. The van der Waals surface area contributed by atoms with Crippen molar-refractivity contribution in [2.24, 2.45) is 7.05 Å². The fourth-order valence-electron chi connectivity index (χ4n) is 1.99. The number of carbonyl (C=O) groups excluding carboxylic acids is 1. The Balaban J connectivity index is 0.000000861. The van der Waals surface area contributed by atoms with Gasteiger partial charge in [0.05, 0.1) is 5.69 Å². The van der Waals surface area contributed by atoms with Crippen LogP contribution in [0.25, 0.3) is 17.0 Å². The molecule has 2 aromatic rings. The predicted octanol–water partition coefficient (Wildman–Crippen LogP) is 3.55. The zero-order valence-corrected chi connectivity index (χ0v) is 12.3. The monoisotopic (exact) mass is 258 g/mol. The van der Waals surface area contributed by atoms with Crippen LogP contribution in [0.2, 0.25) is 0 Å². The summed E-state index contributed by atoms with van der Waals surface area (Å²) in [6.07, 6.45) is 4.84. The lowest BCUT2D eigenvalue weighted by Crippen LogP contribution is -2.01. The molecule has 0 unspecified atom stereocenters. The second kappa shape index (κ2) is 6.78. The van der Waals surface area contributed by atoms with Crippen molar-refractivity contribution in [1.82, 2.24) is 9.47 Å². The van der Waals surface area contributed by atoms with Gasteiger partial charge in [0, 0.05) is 43.8 Å². The van der Waals surface area contributed by atoms with Gasteiger partial charge < -0.3 is 9.47 Å². The van der Waals surface area contributed by atoms with E-state index in [2.05, 4.69) is 0 Å². The highest BCUT2D eigenvalue weighted by Crippen LogP contribution is 2.24. The van der Waals surface area contributed by atoms with Crippen LogP contribution in [-0.2, 0) is 7.05 Å². The molecule has 3 nitrogen and oxygen atoms in total. The summed E-state index contributed by atoms with van der Waals surface area (Å²) in [5.41, 5.74) is 2.77. The minimum atomic E-state index is 0.751. The number of hydrogen-bond acceptors (Lipinski definition) is 2. The molecule has 0 saturated heterocycles. The number of aldehydes is 1. The Labute approximate surface area is 115 Å². The van der Waals surface area contributed by atoms with Crippen molar-refractivity contribution in [3.8, 4) is 0 Å². The van der Waals surface area contributed by atoms with Crippen LogP contribution in [0.1, 0.15) is 29.9 Å². The normalized spacial score (nSPS) is 10.4. The summed E-state index contributed by atoms with van der Waals surface area (Å²) in [4.78, 5) is 13.2. The molecule has 1 heterocycles. The molecule has 102 valence electrons. The van der Waals surface area contributed by atoms with E-state index in [1.165, 1.54) is 0 Å². The maximum atomic E-state index is 11.2. The first-order chi connectivity index (χ1) is 9.15. The summed E-state index contributed by atoms with van der Waals surface area (Å²) >= 11 is 0. The average molecular weight is 258 g/mol. The summed E-state index contributed by atoms with van der Waals surface area (Å²) in [7, 11) is 5.89. The smallest absolute Gasteiger partial charge is 0.152 e. The number of aryl methyl sites for hydroxylation is 1. The minimum absolute atomic E-state index is 0.751. The van der Waals surface area contributed by atoms with Gasteiger partial charge in [0.25, 0.3) is 0 Å². The van der Waals surface area contributed by atoms with Gasteiger partial charge >= 0.3 is 0 Å². The molecule has 1 aromatic carbocycles. The molecule has 0 bridgehead atoms. The van der Waals surface area contributed by atoms with E-state index in [0.717, 1.165) is 28.4 Å². The maximum Gasteiger partial charge on any atom is 0.152 e. The van der Waals surface area contributed by atoms with Gasteiger partial charge in [-0.3, -0.25) is 4.79 Å². The van der Waals surface area contributed by atoms with E-state index in [0.29, 0.717) is 0 Å². The van der Waals surface area contributed by atoms with Crippen molar-refractivity contribution in [3.63, 3.8) is 0 Å². The molecule has 19 heavy (non-hydrogen) atoms. The highest BCUT2D eigenvalue weighted by Gasteiger charge is 2.11. The summed E-state index contributed by atoms with van der Waals surface area (Å²) in [6, 6.07) is 7.94. The number of para-hydroxylation sites is 1. The Morgan fingerprint density at radius 2 is 1.79 bits per heavy atom. The van der Waals surface area contributed by atoms with E-state index >= 15 is 0 Å². The number of hydrogen-bond donors (Lipinski definition) is 0. The molecule has 3 heteroatoms. The second-order valence-corrected chi connectivity index (χ2v) is 4.27. The molecule has 0 aliphatic carbocycles. The van der Waals surface area contributed by atoms with E-state index in [4.69, 9.17) is 0 Å². The van der Waals surface area contributed by atoms with E-state index < -0.39 is 0 Å². The minimum Gasteiger partial charge on any atom is -0.383 e. The number of rotatable bonds is 3. The molecule has 0 aliphatic heterocycles. The average Bonchev–Trinajstić information content (AvgIpc) is 2.71. The molecule has 0 spiro atoms. The molecular formula is C16H22N2O. The standard InChI is InChI=1S/C14H16N2O.C2H6/c1-15(2)9-8-14-12(10-17)11-6-4-5-7-13(11)16(14)3;1-2/h4-10H,1-3H3;1-2H3/b9-8+;.